The van der Waals surface area contributed by atoms with E-state index in [1.807, 2.05) is 24.3 Å². The Hall–Kier alpha value is -1.94. The Morgan fingerprint density at radius 2 is 1.47 bits per heavy atom. The van der Waals surface area contributed by atoms with Gasteiger partial charge in [0.15, 0.2) is 0 Å². The van der Waals surface area contributed by atoms with E-state index in [4.69, 9.17) is 14.2 Å². The van der Waals surface area contributed by atoms with Crippen LogP contribution in [0.25, 0.3) is 0 Å². The molecule has 1 aliphatic carbocycles. The molecule has 1 atom stereocenters. The quantitative estimate of drug-likeness (QED) is 0.885. The lowest BCUT2D eigenvalue weighted by molar-refractivity contribution is 0.144. The first-order chi connectivity index (χ1) is 9.21. The van der Waals surface area contributed by atoms with Gasteiger partial charge in [0.25, 0.3) is 0 Å². The van der Waals surface area contributed by atoms with E-state index >= 15 is 0 Å². The van der Waals surface area contributed by atoms with Gasteiger partial charge in [0.05, 0.1) is 33.0 Å². The molecule has 1 aromatic carbocycles. The second kappa shape index (κ2) is 5.80. The van der Waals surface area contributed by atoms with Gasteiger partial charge < -0.3 is 19.3 Å². The summed E-state index contributed by atoms with van der Waals surface area (Å²) in [5.41, 5.74) is 0.631. The number of aliphatic hydroxyl groups excluding tert-OH is 1. The lowest BCUT2D eigenvalue weighted by Crippen LogP contribution is -2.10. The Morgan fingerprint density at radius 1 is 0.947 bits per heavy atom. The molecule has 0 heterocycles. The molecule has 0 spiro atoms. The first-order valence-corrected chi connectivity index (χ1v) is 6.04. The third-order valence-electron chi connectivity index (χ3n) is 3.19. The standard InChI is InChI=1S/C15H18O4/c1-17-11-8-12(18-2)14(13(9-11)19-3)15(16)10-6-4-5-7-10/h4-10,15-16H,1-3H3. The third-order valence-corrected chi connectivity index (χ3v) is 3.19. The van der Waals surface area contributed by atoms with Gasteiger partial charge in [-0.15, -0.1) is 0 Å². The molecule has 1 unspecified atom stereocenters. The highest BCUT2D eigenvalue weighted by atomic mass is 16.5. The maximum Gasteiger partial charge on any atom is 0.132 e. The maximum absolute atomic E-state index is 10.5. The molecule has 4 nitrogen and oxygen atoms in total. The summed E-state index contributed by atoms with van der Waals surface area (Å²) in [4.78, 5) is 0. The van der Waals surface area contributed by atoms with Gasteiger partial charge in [-0.2, -0.15) is 0 Å². The Balaban J connectivity index is 2.47. The van der Waals surface area contributed by atoms with Gasteiger partial charge in [0, 0.05) is 18.1 Å². The van der Waals surface area contributed by atoms with Crippen molar-refractivity contribution in [2.45, 2.75) is 6.10 Å². The second-order valence-electron chi connectivity index (χ2n) is 4.24. The predicted octanol–water partition coefficient (Wildman–Crippen LogP) is 2.49. The van der Waals surface area contributed by atoms with Crippen LogP contribution in [0.4, 0.5) is 0 Å². The molecule has 102 valence electrons. The molecule has 0 fully saturated rings. The fourth-order valence-electron chi connectivity index (χ4n) is 2.18. The molecule has 0 saturated heterocycles. The van der Waals surface area contributed by atoms with Crippen LogP contribution in [-0.4, -0.2) is 26.4 Å². The average molecular weight is 262 g/mol. The lowest BCUT2D eigenvalue weighted by atomic mass is 9.95. The minimum atomic E-state index is -0.717. The summed E-state index contributed by atoms with van der Waals surface area (Å²) >= 11 is 0. The largest absolute Gasteiger partial charge is 0.496 e. The van der Waals surface area contributed by atoms with E-state index in [9.17, 15) is 5.11 Å². The maximum atomic E-state index is 10.5. The number of ether oxygens (including phenoxy) is 3. The first kappa shape index (κ1) is 13.5. The molecule has 0 saturated carbocycles. The molecular formula is C15H18O4. The normalized spacial score (nSPS) is 15.6. The van der Waals surface area contributed by atoms with Crippen LogP contribution in [0.15, 0.2) is 36.4 Å². The zero-order valence-corrected chi connectivity index (χ0v) is 11.3. The first-order valence-electron chi connectivity index (χ1n) is 6.04. The second-order valence-corrected chi connectivity index (χ2v) is 4.24. The Morgan fingerprint density at radius 3 is 1.89 bits per heavy atom. The van der Waals surface area contributed by atoms with E-state index in [0.717, 1.165) is 0 Å². The SMILES string of the molecule is COc1cc(OC)c(C(O)C2C=CC=C2)c(OC)c1. The third kappa shape index (κ3) is 2.58. The van der Waals surface area contributed by atoms with E-state index in [-0.39, 0.29) is 5.92 Å². The fraction of sp³-hybridized carbons (Fsp3) is 0.333. The van der Waals surface area contributed by atoms with Gasteiger partial charge in [0.2, 0.25) is 0 Å². The smallest absolute Gasteiger partial charge is 0.132 e. The molecule has 1 aliphatic rings. The van der Waals surface area contributed by atoms with Crippen molar-refractivity contribution in [3.63, 3.8) is 0 Å². The predicted molar refractivity (Wildman–Crippen MR) is 72.8 cm³/mol. The number of rotatable bonds is 5. The van der Waals surface area contributed by atoms with Gasteiger partial charge in [-0.3, -0.25) is 0 Å². The number of allylic oxidation sites excluding steroid dienone is 2. The molecule has 0 amide bonds. The minimum absolute atomic E-state index is 0.0730. The van der Waals surface area contributed by atoms with Crippen LogP contribution in [0.2, 0.25) is 0 Å². The van der Waals surface area contributed by atoms with Crippen LogP contribution in [-0.2, 0) is 0 Å². The fourth-order valence-corrected chi connectivity index (χ4v) is 2.18. The highest BCUT2D eigenvalue weighted by Crippen LogP contribution is 2.42. The summed E-state index contributed by atoms with van der Waals surface area (Å²) in [6.07, 6.45) is 6.99. The van der Waals surface area contributed by atoms with Crippen LogP contribution in [0.1, 0.15) is 11.7 Å². The van der Waals surface area contributed by atoms with Crippen molar-refractivity contribution in [1.82, 2.24) is 0 Å². The van der Waals surface area contributed by atoms with Crippen LogP contribution < -0.4 is 14.2 Å². The molecular weight excluding hydrogens is 244 g/mol. The highest BCUT2D eigenvalue weighted by molar-refractivity contribution is 5.52. The summed E-state index contributed by atoms with van der Waals surface area (Å²) in [7, 11) is 4.70. The van der Waals surface area contributed by atoms with Crippen LogP contribution in [0, 0.1) is 5.92 Å². The summed E-state index contributed by atoms with van der Waals surface area (Å²) in [6.45, 7) is 0. The van der Waals surface area contributed by atoms with Crippen molar-refractivity contribution < 1.29 is 19.3 Å². The monoisotopic (exact) mass is 262 g/mol. The number of methoxy groups -OCH3 is 3. The number of benzene rings is 1. The molecule has 0 bridgehead atoms. The molecule has 4 heteroatoms. The number of hydrogen-bond donors (Lipinski definition) is 1. The van der Waals surface area contributed by atoms with E-state index in [0.29, 0.717) is 22.8 Å². The average Bonchev–Trinajstić information content (AvgIpc) is 2.99. The zero-order valence-electron chi connectivity index (χ0n) is 11.3. The highest BCUT2D eigenvalue weighted by Gasteiger charge is 2.26. The molecule has 0 aromatic heterocycles. The van der Waals surface area contributed by atoms with Gasteiger partial charge in [-0.05, 0) is 0 Å². The van der Waals surface area contributed by atoms with Gasteiger partial charge >= 0.3 is 0 Å². The lowest BCUT2D eigenvalue weighted by Gasteiger charge is -2.21. The Bertz CT molecular complexity index is 468. The Labute approximate surface area is 112 Å². The number of aliphatic hydroxyl groups is 1. The van der Waals surface area contributed by atoms with E-state index in [1.54, 1.807) is 33.5 Å². The van der Waals surface area contributed by atoms with E-state index in [1.165, 1.54) is 0 Å². The summed E-state index contributed by atoms with van der Waals surface area (Å²) < 4.78 is 15.9. The topological polar surface area (TPSA) is 47.9 Å². The van der Waals surface area contributed by atoms with Crippen molar-refractivity contribution in [2.75, 3.05) is 21.3 Å². The Kier molecular flexibility index (Phi) is 4.12. The zero-order chi connectivity index (χ0) is 13.8. The van der Waals surface area contributed by atoms with Crippen molar-refractivity contribution in [3.05, 3.63) is 42.0 Å². The molecule has 19 heavy (non-hydrogen) atoms. The van der Waals surface area contributed by atoms with Crippen LogP contribution in [0.3, 0.4) is 0 Å². The van der Waals surface area contributed by atoms with Crippen LogP contribution in [0.5, 0.6) is 17.2 Å². The number of hydrogen-bond acceptors (Lipinski definition) is 4. The molecule has 1 aromatic rings. The van der Waals surface area contributed by atoms with E-state index in [2.05, 4.69) is 0 Å². The minimum Gasteiger partial charge on any atom is -0.496 e. The molecule has 2 rings (SSSR count). The van der Waals surface area contributed by atoms with Gasteiger partial charge in [0.1, 0.15) is 17.2 Å². The summed E-state index contributed by atoms with van der Waals surface area (Å²) in [5.74, 6) is 1.66. The van der Waals surface area contributed by atoms with Gasteiger partial charge in [-0.1, -0.05) is 24.3 Å². The molecule has 0 radical (unpaired) electrons. The van der Waals surface area contributed by atoms with Gasteiger partial charge in [-0.25, -0.2) is 0 Å². The van der Waals surface area contributed by atoms with Crippen molar-refractivity contribution in [1.29, 1.82) is 0 Å². The van der Waals surface area contributed by atoms with Crippen molar-refractivity contribution in [2.24, 2.45) is 5.92 Å². The van der Waals surface area contributed by atoms with Crippen molar-refractivity contribution in [3.8, 4) is 17.2 Å². The summed E-state index contributed by atoms with van der Waals surface area (Å²) in [5, 5.41) is 10.5. The summed E-state index contributed by atoms with van der Waals surface area (Å²) in [6, 6.07) is 3.48. The van der Waals surface area contributed by atoms with Crippen LogP contribution >= 0.6 is 0 Å². The molecule has 1 N–H and O–H groups in total. The molecule has 0 aliphatic heterocycles. The van der Waals surface area contributed by atoms with E-state index < -0.39 is 6.10 Å². The van der Waals surface area contributed by atoms with Crippen molar-refractivity contribution >= 4 is 0 Å².